The Hall–Kier alpha value is -1.90. The number of rotatable bonds is 8. The molecule has 0 bridgehead atoms. The van der Waals surface area contributed by atoms with Gasteiger partial charge in [0, 0.05) is 64.1 Å². The second-order valence-electron chi connectivity index (χ2n) is 8.14. The average Bonchev–Trinajstić information content (AvgIpc) is 3.20. The van der Waals surface area contributed by atoms with E-state index in [0.717, 1.165) is 76.1 Å². The Morgan fingerprint density at radius 3 is 2.72 bits per heavy atom. The summed E-state index contributed by atoms with van der Waals surface area (Å²) >= 11 is 0. The van der Waals surface area contributed by atoms with Crippen LogP contribution in [0.15, 0.2) is 23.3 Å². The van der Waals surface area contributed by atoms with E-state index in [1.807, 2.05) is 6.20 Å². The summed E-state index contributed by atoms with van der Waals surface area (Å²) in [5.74, 6) is 1.84. The van der Waals surface area contributed by atoms with Crippen molar-refractivity contribution in [1.82, 2.24) is 20.5 Å². The molecule has 3 heterocycles. The molecule has 0 radical (unpaired) electrons. The largest absolute Gasteiger partial charge is 0.396 e. The van der Waals surface area contributed by atoms with Crippen LogP contribution in [0.25, 0.3) is 0 Å². The highest BCUT2D eigenvalue weighted by atomic mass is 16.5. The van der Waals surface area contributed by atoms with E-state index in [-0.39, 0.29) is 12.0 Å². The summed E-state index contributed by atoms with van der Waals surface area (Å²) in [5, 5.41) is 16.1. The van der Waals surface area contributed by atoms with Gasteiger partial charge in [0.05, 0.1) is 13.2 Å². The normalized spacial score (nSPS) is 23.4. The van der Waals surface area contributed by atoms with E-state index < -0.39 is 0 Å². The van der Waals surface area contributed by atoms with Crippen LogP contribution < -0.4 is 15.5 Å². The van der Waals surface area contributed by atoms with Gasteiger partial charge in [-0.3, -0.25) is 0 Å². The summed E-state index contributed by atoms with van der Waals surface area (Å²) in [6, 6.07) is 4.22. The number of guanidine groups is 1. The van der Waals surface area contributed by atoms with Crippen molar-refractivity contribution in [2.24, 2.45) is 10.4 Å². The second kappa shape index (κ2) is 10.8. The van der Waals surface area contributed by atoms with E-state index in [4.69, 9.17) is 9.73 Å². The van der Waals surface area contributed by atoms with Crippen LogP contribution in [0.4, 0.5) is 5.82 Å². The number of hydrogen-bond donors (Lipinski definition) is 3. The van der Waals surface area contributed by atoms with E-state index in [1.54, 1.807) is 0 Å². The Kier molecular flexibility index (Phi) is 8.09. The standard InChI is InChI=1S/C21H36N6O2/c1-3-22-20(25-16-21(6-12-28)7-13-29-17-21)24-15-18-4-5-19(23-14-18)27-10-8-26(2)9-11-27/h4-5,14,28H,3,6-13,15-17H2,1-2H3,(H2,22,24,25). The fourth-order valence-corrected chi connectivity index (χ4v) is 3.83. The number of aromatic nitrogens is 1. The van der Waals surface area contributed by atoms with Gasteiger partial charge in [0.1, 0.15) is 5.82 Å². The van der Waals surface area contributed by atoms with Gasteiger partial charge in [0.25, 0.3) is 0 Å². The fourth-order valence-electron chi connectivity index (χ4n) is 3.83. The van der Waals surface area contributed by atoms with Gasteiger partial charge in [-0.25, -0.2) is 9.98 Å². The highest BCUT2D eigenvalue weighted by molar-refractivity contribution is 5.79. The van der Waals surface area contributed by atoms with Crippen molar-refractivity contribution in [2.45, 2.75) is 26.3 Å². The van der Waals surface area contributed by atoms with Gasteiger partial charge in [0.15, 0.2) is 5.96 Å². The van der Waals surface area contributed by atoms with Gasteiger partial charge in [-0.1, -0.05) is 6.07 Å². The molecule has 0 amide bonds. The number of nitrogens with one attached hydrogen (secondary N) is 2. The molecule has 3 N–H and O–H groups in total. The third-order valence-corrected chi connectivity index (χ3v) is 5.86. The molecule has 8 nitrogen and oxygen atoms in total. The molecule has 0 spiro atoms. The molecule has 29 heavy (non-hydrogen) atoms. The molecule has 0 saturated carbocycles. The predicted molar refractivity (Wildman–Crippen MR) is 116 cm³/mol. The first-order chi connectivity index (χ1) is 14.1. The van der Waals surface area contributed by atoms with Crippen molar-refractivity contribution in [3.8, 4) is 0 Å². The zero-order valence-electron chi connectivity index (χ0n) is 17.9. The number of anilines is 1. The molecule has 2 aliphatic rings. The lowest BCUT2D eigenvalue weighted by Gasteiger charge is -2.33. The molecular weight excluding hydrogens is 368 g/mol. The molecule has 3 rings (SSSR count). The van der Waals surface area contributed by atoms with Gasteiger partial charge in [-0.15, -0.1) is 0 Å². The maximum absolute atomic E-state index is 9.40. The molecule has 162 valence electrons. The summed E-state index contributed by atoms with van der Waals surface area (Å²) in [6.45, 7) is 10.0. The summed E-state index contributed by atoms with van der Waals surface area (Å²) in [7, 11) is 2.16. The minimum absolute atomic E-state index is 0.00332. The average molecular weight is 405 g/mol. The minimum atomic E-state index is -0.00332. The zero-order chi connectivity index (χ0) is 20.5. The first kappa shape index (κ1) is 21.8. The molecule has 2 aliphatic heterocycles. The Morgan fingerprint density at radius 1 is 1.28 bits per heavy atom. The molecule has 8 heteroatoms. The summed E-state index contributed by atoms with van der Waals surface area (Å²) in [4.78, 5) is 14.0. The molecule has 2 fully saturated rings. The lowest BCUT2D eigenvalue weighted by Crippen LogP contribution is -2.44. The Morgan fingerprint density at radius 2 is 2.10 bits per heavy atom. The van der Waals surface area contributed by atoms with Crippen LogP contribution in [0.5, 0.6) is 0 Å². The number of ether oxygens (including phenoxy) is 1. The van der Waals surface area contributed by atoms with Gasteiger partial charge >= 0.3 is 0 Å². The number of likely N-dealkylation sites (N-methyl/N-ethyl adjacent to an activating group) is 1. The number of piperazine rings is 1. The number of hydrogen-bond acceptors (Lipinski definition) is 6. The van der Waals surface area contributed by atoms with Gasteiger partial charge in [0.2, 0.25) is 0 Å². The SMILES string of the molecule is CCNC(=NCc1ccc(N2CCN(C)CC2)nc1)NCC1(CCO)CCOC1. The van der Waals surface area contributed by atoms with Gasteiger partial charge < -0.3 is 30.3 Å². The number of aliphatic hydroxyl groups excluding tert-OH is 1. The monoisotopic (exact) mass is 404 g/mol. The van der Waals surface area contributed by atoms with Gasteiger partial charge in [-0.2, -0.15) is 0 Å². The molecule has 1 aromatic rings. The summed E-state index contributed by atoms with van der Waals surface area (Å²) < 4.78 is 5.58. The van der Waals surface area contributed by atoms with E-state index in [0.29, 0.717) is 13.2 Å². The zero-order valence-corrected chi connectivity index (χ0v) is 17.9. The van der Waals surface area contributed by atoms with Crippen molar-refractivity contribution in [3.63, 3.8) is 0 Å². The van der Waals surface area contributed by atoms with Crippen LogP contribution in [0, 0.1) is 5.41 Å². The van der Waals surface area contributed by atoms with E-state index in [2.05, 4.69) is 51.5 Å². The fraction of sp³-hybridized carbons (Fsp3) is 0.714. The molecule has 1 atom stereocenters. The highest BCUT2D eigenvalue weighted by Crippen LogP contribution is 2.31. The Bertz CT molecular complexity index is 637. The maximum atomic E-state index is 9.40. The Labute approximate surface area is 174 Å². The predicted octanol–water partition coefficient (Wildman–Crippen LogP) is 0.678. The van der Waals surface area contributed by atoms with E-state index >= 15 is 0 Å². The number of aliphatic imine (C=N–C) groups is 1. The van der Waals surface area contributed by atoms with Crippen LogP contribution in [0.3, 0.4) is 0 Å². The summed E-state index contributed by atoms with van der Waals surface area (Å²) in [5.41, 5.74) is 1.09. The van der Waals surface area contributed by atoms with Gasteiger partial charge in [-0.05, 0) is 38.4 Å². The topological polar surface area (TPSA) is 85.3 Å². The number of pyridine rings is 1. The molecule has 0 aromatic carbocycles. The molecular formula is C21H36N6O2. The van der Waals surface area contributed by atoms with Crippen LogP contribution >= 0.6 is 0 Å². The molecule has 1 aromatic heterocycles. The van der Waals surface area contributed by atoms with Crippen molar-refractivity contribution < 1.29 is 9.84 Å². The summed E-state index contributed by atoms with van der Waals surface area (Å²) in [6.07, 6.45) is 3.65. The van der Waals surface area contributed by atoms with Crippen LogP contribution in [-0.2, 0) is 11.3 Å². The molecule has 2 saturated heterocycles. The lowest BCUT2D eigenvalue weighted by molar-refractivity contribution is 0.127. The molecule has 1 unspecified atom stereocenters. The van der Waals surface area contributed by atoms with Crippen LogP contribution in [-0.4, -0.2) is 87.1 Å². The van der Waals surface area contributed by atoms with Crippen molar-refractivity contribution in [2.75, 3.05) is 71.0 Å². The minimum Gasteiger partial charge on any atom is -0.396 e. The third kappa shape index (κ3) is 6.29. The third-order valence-electron chi connectivity index (χ3n) is 5.86. The van der Waals surface area contributed by atoms with Crippen LogP contribution in [0.2, 0.25) is 0 Å². The first-order valence-corrected chi connectivity index (χ1v) is 10.7. The van der Waals surface area contributed by atoms with Crippen molar-refractivity contribution >= 4 is 11.8 Å². The van der Waals surface area contributed by atoms with Crippen molar-refractivity contribution in [3.05, 3.63) is 23.9 Å². The Balaban J connectivity index is 1.55. The van der Waals surface area contributed by atoms with E-state index in [9.17, 15) is 5.11 Å². The second-order valence-corrected chi connectivity index (χ2v) is 8.14. The van der Waals surface area contributed by atoms with Crippen LogP contribution in [0.1, 0.15) is 25.3 Å². The van der Waals surface area contributed by atoms with E-state index in [1.165, 1.54) is 0 Å². The highest BCUT2D eigenvalue weighted by Gasteiger charge is 2.34. The van der Waals surface area contributed by atoms with Crippen molar-refractivity contribution in [1.29, 1.82) is 0 Å². The maximum Gasteiger partial charge on any atom is 0.191 e. The lowest BCUT2D eigenvalue weighted by atomic mass is 9.84. The first-order valence-electron chi connectivity index (χ1n) is 10.7. The quantitative estimate of drug-likeness (QED) is 0.434. The molecule has 0 aliphatic carbocycles. The number of nitrogens with zero attached hydrogens (tertiary/aromatic N) is 4. The smallest absolute Gasteiger partial charge is 0.191 e. The number of aliphatic hydroxyl groups is 1.